The van der Waals surface area contributed by atoms with Crippen LogP contribution in [0.3, 0.4) is 0 Å². The second kappa shape index (κ2) is 10.4. The van der Waals surface area contributed by atoms with E-state index >= 15 is 0 Å². The first kappa shape index (κ1) is 22.7. The quantitative estimate of drug-likeness (QED) is 0.488. The molecule has 0 saturated heterocycles. The minimum atomic E-state index is -0.432. The van der Waals surface area contributed by atoms with Crippen molar-refractivity contribution < 1.29 is 13.7 Å². The third-order valence-corrected chi connectivity index (χ3v) is 5.13. The van der Waals surface area contributed by atoms with Crippen LogP contribution in [0.2, 0.25) is 5.02 Å². The highest BCUT2D eigenvalue weighted by atomic mass is 35.5. The Kier molecular flexibility index (Phi) is 7.58. The van der Waals surface area contributed by atoms with Gasteiger partial charge in [-0.05, 0) is 72.7 Å². The number of allylic oxidation sites excluding steroid dienone is 1. The zero-order valence-electron chi connectivity index (χ0n) is 17.8. The van der Waals surface area contributed by atoms with Gasteiger partial charge in [-0.2, -0.15) is 4.98 Å². The number of aromatic nitrogens is 2. The Balaban J connectivity index is 1.60. The van der Waals surface area contributed by atoms with Crippen molar-refractivity contribution >= 4 is 23.1 Å². The summed E-state index contributed by atoms with van der Waals surface area (Å²) in [5.41, 5.74) is 4.59. The summed E-state index contributed by atoms with van der Waals surface area (Å²) >= 11 is 6.16. The molecular weight excluding hydrogens is 417 g/mol. The molecule has 0 radical (unpaired) electrons. The van der Waals surface area contributed by atoms with Crippen LogP contribution in [0.5, 0.6) is 0 Å². The molecule has 0 aliphatic carbocycles. The van der Waals surface area contributed by atoms with E-state index in [9.17, 15) is 9.18 Å². The second-order valence-electron chi connectivity index (χ2n) is 7.39. The van der Waals surface area contributed by atoms with E-state index < -0.39 is 5.91 Å². The summed E-state index contributed by atoms with van der Waals surface area (Å²) in [6, 6.07) is 10.7. The van der Waals surface area contributed by atoms with E-state index in [0.29, 0.717) is 23.6 Å². The molecule has 5 nitrogen and oxygen atoms in total. The standard InChI is InChI=1S/C24H25ClFN3O2/c1-4-5-17(20-14-19(25)9-7-16(20)3)10-11-27-24(30)23-28-22(31-29-23)13-18-8-6-15(2)12-21(18)26/h5-9,12,14H,4,10-11,13H2,1-3H3,(H,27,30). The van der Waals surface area contributed by atoms with Gasteiger partial charge in [0.2, 0.25) is 5.89 Å². The van der Waals surface area contributed by atoms with E-state index in [1.165, 1.54) is 6.07 Å². The van der Waals surface area contributed by atoms with Crippen molar-refractivity contribution in [3.63, 3.8) is 0 Å². The summed E-state index contributed by atoms with van der Waals surface area (Å²) in [4.78, 5) is 16.5. The van der Waals surface area contributed by atoms with Gasteiger partial charge in [0.25, 0.3) is 11.7 Å². The van der Waals surface area contributed by atoms with E-state index in [0.717, 1.165) is 28.7 Å². The van der Waals surface area contributed by atoms with E-state index in [4.69, 9.17) is 16.1 Å². The molecule has 1 heterocycles. The van der Waals surface area contributed by atoms with Gasteiger partial charge in [0.1, 0.15) is 5.82 Å². The monoisotopic (exact) mass is 441 g/mol. The molecule has 0 saturated carbocycles. The smallest absolute Gasteiger partial charge is 0.292 e. The molecule has 0 bridgehead atoms. The maximum atomic E-state index is 14.0. The van der Waals surface area contributed by atoms with Crippen LogP contribution in [0.4, 0.5) is 4.39 Å². The lowest BCUT2D eigenvalue weighted by molar-refractivity contribution is 0.0941. The lowest BCUT2D eigenvalue weighted by Crippen LogP contribution is -2.25. The van der Waals surface area contributed by atoms with Gasteiger partial charge in [0.15, 0.2) is 0 Å². The zero-order chi connectivity index (χ0) is 22.4. The molecule has 3 rings (SSSR count). The molecule has 3 aromatic rings. The lowest BCUT2D eigenvalue weighted by atomic mass is 9.97. The Hall–Kier alpha value is -2.99. The number of hydrogen-bond acceptors (Lipinski definition) is 4. The predicted octanol–water partition coefficient (Wildman–Crippen LogP) is 5.68. The molecule has 31 heavy (non-hydrogen) atoms. The number of hydrogen-bond donors (Lipinski definition) is 1. The highest BCUT2D eigenvalue weighted by Crippen LogP contribution is 2.25. The molecule has 0 unspecified atom stereocenters. The Morgan fingerprint density at radius 3 is 2.77 bits per heavy atom. The van der Waals surface area contributed by atoms with Gasteiger partial charge < -0.3 is 9.84 Å². The topological polar surface area (TPSA) is 68.0 Å². The minimum absolute atomic E-state index is 0.0672. The number of nitrogens with one attached hydrogen (secondary N) is 1. The number of halogens is 2. The van der Waals surface area contributed by atoms with Crippen molar-refractivity contribution in [1.29, 1.82) is 0 Å². The fourth-order valence-corrected chi connectivity index (χ4v) is 3.47. The van der Waals surface area contributed by atoms with E-state index in [1.807, 2.05) is 38.1 Å². The van der Waals surface area contributed by atoms with Gasteiger partial charge in [-0.1, -0.05) is 48.0 Å². The van der Waals surface area contributed by atoms with Crippen molar-refractivity contribution in [2.24, 2.45) is 0 Å². The highest BCUT2D eigenvalue weighted by molar-refractivity contribution is 6.30. The van der Waals surface area contributed by atoms with E-state index in [2.05, 4.69) is 28.5 Å². The molecule has 0 spiro atoms. The normalized spacial score (nSPS) is 11.6. The van der Waals surface area contributed by atoms with Gasteiger partial charge in [-0.3, -0.25) is 4.79 Å². The summed E-state index contributed by atoms with van der Waals surface area (Å²) < 4.78 is 19.1. The number of aryl methyl sites for hydroxylation is 2. The van der Waals surface area contributed by atoms with Gasteiger partial charge in [-0.25, -0.2) is 4.39 Å². The highest BCUT2D eigenvalue weighted by Gasteiger charge is 2.16. The molecule has 2 aromatic carbocycles. The van der Waals surface area contributed by atoms with Crippen LogP contribution in [0, 0.1) is 19.7 Å². The first-order chi connectivity index (χ1) is 14.9. The lowest BCUT2D eigenvalue weighted by Gasteiger charge is -2.12. The molecule has 1 N–H and O–H groups in total. The molecule has 7 heteroatoms. The van der Waals surface area contributed by atoms with Crippen LogP contribution >= 0.6 is 11.6 Å². The van der Waals surface area contributed by atoms with Crippen LogP contribution in [-0.4, -0.2) is 22.6 Å². The van der Waals surface area contributed by atoms with Gasteiger partial charge in [0, 0.05) is 11.6 Å². The Bertz CT molecular complexity index is 1110. The van der Waals surface area contributed by atoms with Crippen LogP contribution in [0.1, 0.15) is 58.5 Å². The molecule has 0 aliphatic rings. The largest absolute Gasteiger partial charge is 0.349 e. The zero-order valence-corrected chi connectivity index (χ0v) is 18.6. The summed E-state index contributed by atoms with van der Waals surface area (Å²) in [6.07, 6.45) is 3.77. The minimum Gasteiger partial charge on any atom is -0.349 e. The molecule has 0 aliphatic heterocycles. The van der Waals surface area contributed by atoms with Gasteiger partial charge in [0.05, 0.1) is 6.42 Å². The Morgan fingerprint density at radius 1 is 1.23 bits per heavy atom. The Morgan fingerprint density at radius 2 is 2.03 bits per heavy atom. The first-order valence-corrected chi connectivity index (χ1v) is 10.6. The Labute approximate surface area is 186 Å². The van der Waals surface area contributed by atoms with Crippen molar-refractivity contribution in [3.8, 4) is 0 Å². The average molecular weight is 442 g/mol. The third kappa shape index (κ3) is 6.01. The van der Waals surface area contributed by atoms with Crippen LogP contribution < -0.4 is 5.32 Å². The van der Waals surface area contributed by atoms with Gasteiger partial charge in [-0.15, -0.1) is 0 Å². The number of benzene rings is 2. The van der Waals surface area contributed by atoms with E-state index in [-0.39, 0.29) is 24.0 Å². The van der Waals surface area contributed by atoms with Crippen molar-refractivity contribution in [2.45, 2.75) is 40.0 Å². The maximum absolute atomic E-state index is 14.0. The molecule has 0 fully saturated rings. The molecule has 162 valence electrons. The first-order valence-electron chi connectivity index (χ1n) is 10.2. The van der Waals surface area contributed by atoms with Crippen LogP contribution in [0.15, 0.2) is 47.0 Å². The fourth-order valence-electron chi connectivity index (χ4n) is 3.30. The van der Waals surface area contributed by atoms with Crippen molar-refractivity contribution in [3.05, 3.63) is 87.3 Å². The summed E-state index contributed by atoms with van der Waals surface area (Å²) in [5.74, 6) is -0.648. The molecule has 1 amide bonds. The van der Waals surface area contributed by atoms with Crippen molar-refractivity contribution in [2.75, 3.05) is 6.54 Å². The number of carbonyl (C=O) groups excluding carboxylic acids is 1. The number of rotatable bonds is 8. The molecule has 1 aromatic heterocycles. The summed E-state index contributed by atoms with van der Waals surface area (Å²) in [7, 11) is 0. The predicted molar refractivity (Wildman–Crippen MR) is 120 cm³/mol. The fraction of sp³-hybridized carbons (Fsp3) is 0.292. The molecular formula is C24H25ClFN3O2. The maximum Gasteiger partial charge on any atom is 0.292 e. The third-order valence-electron chi connectivity index (χ3n) is 4.90. The van der Waals surface area contributed by atoms with Crippen LogP contribution in [0.25, 0.3) is 5.57 Å². The average Bonchev–Trinajstić information content (AvgIpc) is 3.20. The second-order valence-corrected chi connectivity index (χ2v) is 7.82. The number of nitrogens with zero attached hydrogens (tertiary/aromatic N) is 2. The van der Waals surface area contributed by atoms with E-state index in [1.54, 1.807) is 6.07 Å². The van der Waals surface area contributed by atoms with Crippen LogP contribution in [-0.2, 0) is 6.42 Å². The molecule has 0 atom stereocenters. The SMILES string of the molecule is CCC=C(CCNC(=O)c1noc(Cc2ccc(C)cc2F)n1)c1cc(Cl)ccc1C. The number of carbonyl (C=O) groups is 1. The number of amides is 1. The summed E-state index contributed by atoms with van der Waals surface area (Å²) in [6.45, 7) is 6.32. The summed E-state index contributed by atoms with van der Waals surface area (Å²) in [5, 5.41) is 7.22. The van der Waals surface area contributed by atoms with Gasteiger partial charge >= 0.3 is 0 Å². The van der Waals surface area contributed by atoms with Crippen molar-refractivity contribution in [1.82, 2.24) is 15.5 Å².